The summed E-state index contributed by atoms with van der Waals surface area (Å²) >= 11 is 0. The van der Waals surface area contributed by atoms with Crippen molar-refractivity contribution in [3.8, 4) is 5.75 Å². The zero-order valence-electron chi connectivity index (χ0n) is 19.5. The van der Waals surface area contributed by atoms with Crippen LogP contribution < -0.4 is 10.1 Å². The number of anilines is 1. The largest absolute Gasteiger partial charge is 0.491 e. The van der Waals surface area contributed by atoms with Gasteiger partial charge in [-0.3, -0.25) is 14.5 Å². The number of amides is 2. The molecule has 0 bridgehead atoms. The molecular weight excluding hydrogens is 394 g/mol. The van der Waals surface area contributed by atoms with Gasteiger partial charge >= 0.3 is 0 Å². The monoisotopic (exact) mass is 431 g/mol. The van der Waals surface area contributed by atoms with Gasteiger partial charge in [0.2, 0.25) is 5.91 Å². The Kier molecular flexibility index (Phi) is 7.94. The van der Waals surface area contributed by atoms with Gasteiger partial charge in [0.1, 0.15) is 12.4 Å². The van der Waals surface area contributed by atoms with Gasteiger partial charge in [0.25, 0.3) is 5.91 Å². The highest BCUT2D eigenvalue weighted by Gasteiger charge is 2.28. The van der Waals surface area contributed by atoms with Gasteiger partial charge in [0, 0.05) is 44.9 Å². The van der Waals surface area contributed by atoms with E-state index < -0.39 is 0 Å². The van der Waals surface area contributed by atoms with Crippen LogP contribution in [0.2, 0.25) is 0 Å². The SMILES string of the molecule is CO[C@H]1CN(C)C(=O)c2cc(NC(=O)C3CCCC3)ccc2OC[C@@H](C)N(C)C[C@H]1C. The van der Waals surface area contributed by atoms with E-state index in [1.807, 2.05) is 6.07 Å². The molecule has 1 aromatic rings. The Morgan fingerprint density at radius 1 is 1.16 bits per heavy atom. The van der Waals surface area contributed by atoms with Gasteiger partial charge in [0.05, 0.1) is 11.7 Å². The fourth-order valence-corrected chi connectivity index (χ4v) is 4.47. The van der Waals surface area contributed by atoms with Crippen LogP contribution in [-0.2, 0) is 9.53 Å². The predicted molar refractivity (Wildman–Crippen MR) is 122 cm³/mol. The molecule has 1 aromatic carbocycles. The lowest BCUT2D eigenvalue weighted by Gasteiger charge is -2.34. The maximum atomic E-state index is 13.3. The molecule has 0 aromatic heterocycles. The van der Waals surface area contributed by atoms with Gasteiger partial charge < -0.3 is 19.7 Å². The first-order valence-electron chi connectivity index (χ1n) is 11.4. The van der Waals surface area contributed by atoms with E-state index in [-0.39, 0.29) is 35.8 Å². The number of rotatable bonds is 3. The zero-order chi connectivity index (χ0) is 22.5. The maximum Gasteiger partial charge on any atom is 0.257 e. The minimum absolute atomic E-state index is 0.0378. The topological polar surface area (TPSA) is 71.1 Å². The Morgan fingerprint density at radius 3 is 2.55 bits per heavy atom. The normalized spacial score (nSPS) is 26.5. The number of likely N-dealkylation sites (N-methyl/N-ethyl adjacent to an activating group) is 2. The molecule has 2 aliphatic rings. The molecule has 1 saturated carbocycles. The van der Waals surface area contributed by atoms with Crippen molar-refractivity contribution in [2.75, 3.05) is 46.2 Å². The van der Waals surface area contributed by atoms with Crippen molar-refractivity contribution in [3.63, 3.8) is 0 Å². The molecule has 2 amide bonds. The molecule has 1 heterocycles. The van der Waals surface area contributed by atoms with Crippen molar-refractivity contribution in [3.05, 3.63) is 23.8 Å². The van der Waals surface area contributed by atoms with Gasteiger partial charge in [-0.1, -0.05) is 19.8 Å². The van der Waals surface area contributed by atoms with Crippen molar-refractivity contribution in [1.82, 2.24) is 9.80 Å². The summed E-state index contributed by atoms with van der Waals surface area (Å²) in [6.45, 7) is 6.07. The lowest BCUT2D eigenvalue weighted by Crippen LogP contribution is -2.45. The van der Waals surface area contributed by atoms with E-state index in [0.29, 0.717) is 30.2 Å². The number of hydrogen-bond donors (Lipinski definition) is 1. The van der Waals surface area contributed by atoms with E-state index in [0.717, 1.165) is 32.2 Å². The van der Waals surface area contributed by atoms with E-state index >= 15 is 0 Å². The Morgan fingerprint density at radius 2 is 1.87 bits per heavy atom. The molecule has 0 spiro atoms. The second-order valence-corrected chi connectivity index (χ2v) is 9.22. The second-order valence-electron chi connectivity index (χ2n) is 9.22. The molecule has 1 aliphatic heterocycles. The van der Waals surface area contributed by atoms with E-state index in [9.17, 15) is 9.59 Å². The molecule has 3 atom stereocenters. The second kappa shape index (κ2) is 10.5. The summed E-state index contributed by atoms with van der Waals surface area (Å²) in [5.74, 6) is 0.761. The fraction of sp³-hybridized carbons (Fsp3) is 0.667. The quantitative estimate of drug-likeness (QED) is 0.796. The summed E-state index contributed by atoms with van der Waals surface area (Å²) in [5.41, 5.74) is 1.10. The minimum Gasteiger partial charge on any atom is -0.491 e. The molecule has 172 valence electrons. The van der Waals surface area contributed by atoms with Crippen LogP contribution >= 0.6 is 0 Å². The molecule has 0 radical (unpaired) electrons. The summed E-state index contributed by atoms with van der Waals surface area (Å²) in [7, 11) is 5.57. The standard InChI is InChI=1S/C24H37N3O4/c1-16-13-26(3)17(2)15-31-21-11-10-19(25-23(28)18-8-6-7-9-18)12-20(21)24(29)27(4)14-22(16)30-5/h10-12,16-18,22H,6-9,13-15H2,1-5H3,(H,25,28)/t16-,17-,22+/m1/s1. The van der Waals surface area contributed by atoms with Crippen molar-refractivity contribution in [1.29, 1.82) is 0 Å². The van der Waals surface area contributed by atoms with Crippen LogP contribution in [0, 0.1) is 11.8 Å². The number of benzene rings is 1. The van der Waals surface area contributed by atoms with Crippen LogP contribution in [0.15, 0.2) is 18.2 Å². The maximum absolute atomic E-state index is 13.3. The highest BCUT2D eigenvalue weighted by atomic mass is 16.5. The smallest absolute Gasteiger partial charge is 0.257 e. The molecule has 1 aliphatic carbocycles. The molecule has 1 fully saturated rings. The highest BCUT2D eigenvalue weighted by Crippen LogP contribution is 2.29. The third-order valence-corrected chi connectivity index (χ3v) is 6.75. The first kappa shape index (κ1) is 23.5. The Balaban J connectivity index is 1.87. The summed E-state index contributed by atoms with van der Waals surface area (Å²) < 4.78 is 11.8. The molecule has 3 rings (SSSR count). The first-order chi connectivity index (χ1) is 14.8. The van der Waals surface area contributed by atoms with Crippen LogP contribution in [0.25, 0.3) is 0 Å². The summed E-state index contributed by atoms with van der Waals surface area (Å²) in [5, 5.41) is 3.00. The summed E-state index contributed by atoms with van der Waals surface area (Å²) in [6.07, 6.45) is 4.00. The van der Waals surface area contributed by atoms with Crippen LogP contribution in [0.1, 0.15) is 49.9 Å². The fourth-order valence-electron chi connectivity index (χ4n) is 4.47. The molecule has 31 heavy (non-hydrogen) atoms. The van der Waals surface area contributed by atoms with E-state index in [1.54, 1.807) is 31.2 Å². The van der Waals surface area contributed by atoms with E-state index in [1.165, 1.54) is 0 Å². The van der Waals surface area contributed by atoms with E-state index in [4.69, 9.17) is 9.47 Å². The molecule has 7 heteroatoms. The average Bonchev–Trinajstić information content (AvgIpc) is 3.29. The van der Waals surface area contributed by atoms with Gasteiger partial charge in [-0.25, -0.2) is 0 Å². The Bertz CT molecular complexity index is 778. The van der Waals surface area contributed by atoms with Gasteiger partial charge in [-0.15, -0.1) is 0 Å². The molecular formula is C24H37N3O4. The van der Waals surface area contributed by atoms with Crippen LogP contribution in [0.3, 0.4) is 0 Å². The number of fused-ring (bicyclic) bond motifs is 1. The molecule has 0 unspecified atom stereocenters. The number of carbonyl (C=O) groups is 2. The third kappa shape index (κ3) is 5.77. The van der Waals surface area contributed by atoms with E-state index in [2.05, 4.69) is 31.1 Å². The van der Waals surface area contributed by atoms with Crippen molar-refractivity contribution in [2.24, 2.45) is 11.8 Å². The number of carbonyl (C=O) groups excluding carboxylic acids is 2. The third-order valence-electron chi connectivity index (χ3n) is 6.75. The Hall–Kier alpha value is -2.12. The number of methoxy groups -OCH3 is 1. The van der Waals surface area contributed by atoms with Crippen molar-refractivity contribution < 1.29 is 19.1 Å². The number of nitrogens with one attached hydrogen (secondary N) is 1. The van der Waals surface area contributed by atoms with Gasteiger partial charge in [-0.05, 0) is 50.9 Å². The number of ether oxygens (including phenoxy) is 2. The molecule has 0 saturated heterocycles. The summed E-state index contributed by atoms with van der Waals surface area (Å²) in [4.78, 5) is 29.8. The number of hydrogen-bond acceptors (Lipinski definition) is 5. The van der Waals surface area contributed by atoms with Crippen molar-refractivity contribution >= 4 is 17.5 Å². The molecule has 1 N–H and O–H groups in total. The van der Waals surface area contributed by atoms with Crippen molar-refractivity contribution in [2.45, 2.75) is 51.7 Å². The lowest BCUT2D eigenvalue weighted by atomic mass is 10.0. The minimum atomic E-state index is -0.136. The Labute approximate surface area is 186 Å². The summed E-state index contributed by atoms with van der Waals surface area (Å²) in [6, 6.07) is 5.54. The van der Waals surface area contributed by atoms with Crippen LogP contribution in [0.4, 0.5) is 5.69 Å². The average molecular weight is 432 g/mol. The van der Waals surface area contributed by atoms with Crippen LogP contribution in [0.5, 0.6) is 5.75 Å². The van der Waals surface area contributed by atoms with Gasteiger partial charge in [-0.2, -0.15) is 0 Å². The lowest BCUT2D eigenvalue weighted by molar-refractivity contribution is -0.119. The zero-order valence-corrected chi connectivity index (χ0v) is 19.5. The van der Waals surface area contributed by atoms with Gasteiger partial charge in [0.15, 0.2) is 0 Å². The first-order valence-corrected chi connectivity index (χ1v) is 11.4. The highest BCUT2D eigenvalue weighted by molar-refractivity contribution is 5.99. The number of nitrogens with zero attached hydrogens (tertiary/aromatic N) is 2. The molecule has 7 nitrogen and oxygen atoms in total. The van der Waals surface area contributed by atoms with Crippen LogP contribution in [-0.4, -0.2) is 74.7 Å². The predicted octanol–water partition coefficient (Wildman–Crippen LogP) is 3.25.